The van der Waals surface area contributed by atoms with E-state index < -0.39 is 29.4 Å². The summed E-state index contributed by atoms with van der Waals surface area (Å²) >= 11 is 0. The Morgan fingerprint density at radius 1 is 0.875 bits per heavy atom. The van der Waals surface area contributed by atoms with Gasteiger partial charge >= 0.3 is 11.9 Å². The Morgan fingerprint density at radius 2 is 1.38 bits per heavy atom. The van der Waals surface area contributed by atoms with Crippen molar-refractivity contribution in [3.63, 3.8) is 0 Å². The number of benzene rings is 1. The van der Waals surface area contributed by atoms with E-state index in [-0.39, 0.29) is 17.4 Å². The highest BCUT2D eigenvalue weighted by Crippen LogP contribution is 2.11. The van der Waals surface area contributed by atoms with Crippen LogP contribution in [-0.4, -0.2) is 45.5 Å². The number of carbonyl (C=O) groups is 6. The van der Waals surface area contributed by atoms with Gasteiger partial charge in [-0.25, -0.2) is 4.79 Å². The van der Waals surface area contributed by atoms with E-state index in [1.54, 1.807) is 6.07 Å². The van der Waals surface area contributed by atoms with Gasteiger partial charge in [-0.05, 0) is 0 Å². The molecule has 0 fully saturated rings. The number of hydrogen-bond donors (Lipinski definition) is 3. The fourth-order valence-corrected chi connectivity index (χ4v) is 1.59. The molecule has 9 heteroatoms. The maximum absolute atomic E-state index is 11.7. The summed E-state index contributed by atoms with van der Waals surface area (Å²) in [5.74, 6) is -9.25. The second-order valence-corrected chi connectivity index (χ2v) is 4.36. The number of carboxylic acid groups (broad SMARTS) is 2. The number of imide groups is 1. The largest absolute Gasteiger partial charge is 0.480 e. The van der Waals surface area contributed by atoms with Gasteiger partial charge in [-0.1, -0.05) is 30.3 Å². The van der Waals surface area contributed by atoms with E-state index >= 15 is 0 Å². The third kappa shape index (κ3) is 4.98. The first-order valence-corrected chi connectivity index (χ1v) is 6.36. The van der Waals surface area contributed by atoms with Gasteiger partial charge in [0.05, 0.1) is 0 Å². The van der Waals surface area contributed by atoms with Crippen molar-refractivity contribution in [1.82, 2.24) is 5.32 Å². The number of ketones is 2. The SMILES string of the molecule is O=C(O)C(=O)C(C(=O)O)C(=O)c1ccccc1.O=C1C=CC(=O)N1. The van der Waals surface area contributed by atoms with Gasteiger partial charge in [0.25, 0.3) is 17.6 Å². The van der Waals surface area contributed by atoms with Gasteiger partial charge in [0.2, 0.25) is 0 Å². The van der Waals surface area contributed by atoms with Crippen LogP contribution in [0.5, 0.6) is 0 Å². The molecule has 3 N–H and O–H groups in total. The van der Waals surface area contributed by atoms with E-state index in [1.165, 1.54) is 36.4 Å². The summed E-state index contributed by atoms with van der Waals surface area (Å²) in [7, 11) is 0. The molecular formula is C15H11NO8. The van der Waals surface area contributed by atoms with Crippen LogP contribution in [0.2, 0.25) is 0 Å². The molecule has 1 aliphatic heterocycles. The molecule has 0 aliphatic carbocycles. The van der Waals surface area contributed by atoms with Crippen molar-refractivity contribution in [2.24, 2.45) is 5.92 Å². The quantitative estimate of drug-likeness (QED) is 0.280. The van der Waals surface area contributed by atoms with Crippen LogP contribution in [0.1, 0.15) is 10.4 Å². The second kappa shape index (κ2) is 8.13. The highest BCUT2D eigenvalue weighted by molar-refractivity contribution is 6.43. The summed E-state index contributed by atoms with van der Waals surface area (Å²) < 4.78 is 0. The van der Waals surface area contributed by atoms with Gasteiger partial charge in [-0.15, -0.1) is 0 Å². The van der Waals surface area contributed by atoms with Crippen molar-refractivity contribution in [2.45, 2.75) is 0 Å². The van der Waals surface area contributed by atoms with E-state index in [0.29, 0.717) is 0 Å². The molecule has 0 aromatic heterocycles. The van der Waals surface area contributed by atoms with E-state index in [2.05, 4.69) is 0 Å². The third-order valence-corrected chi connectivity index (χ3v) is 2.67. The Kier molecular flexibility index (Phi) is 6.24. The summed E-state index contributed by atoms with van der Waals surface area (Å²) in [5, 5.41) is 19.2. The van der Waals surface area contributed by atoms with Crippen LogP contribution in [0, 0.1) is 5.92 Å². The molecule has 1 aliphatic rings. The number of nitrogens with one attached hydrogen (secondary N) is 1. The Balaban J connectivity index is 0.000000341. The zero-order valence-corrected chi connectivity index (χ0v) is 12.0. The molecule has 0 saturated carbocycles. The van der Waals surface area contributed by atoms with Crippen molar-refractivity contribution in [2.75, 3.05) is 0 Å². The Labute approximate surface area is 134 Å². The van der Waals surface area contributed by atoms with Crippen LogP contribution in [0.25, 0.3) is 0 Å². The van der Waals surface area contributed by atoms with E-state index in [4.69, 9.17) is 10.2 Å². The Bertz CT molecular complexity index is 719. The number of hydrogen-bond acceptors (Lipinski definition) is 6. The molecule has 1 aromatic carbocycles. The van der Waals surface area contributed by atoms with E-state index in [1.807, 2.05) is 5.32 Å². The molecule has 0 bridgehead atoms. The molecule has 1 heterocycles. The van der Waals surface area contributed by atoms with Crippen molar-refractivity contribution >= 4 is 35.3 Å². The minimum absolute atomic E-state index is 0.0190. The van der Waals surface area contributed by atoms with Crippen molar-refractivity contribution < 1.29 is 39.0 Å². The number of rotatable bonds is 5. The van der Waals surface area contributed by atoms with E-state index in [9.17, 15) is 28.8 Å². The molecule has 2 amide bonds. The predicted molar refractivity (Wildman–Crippen MR) is 76.8 cm³/mol. The molecule has 1 aromatic rings. The maximum Gasteiger partial charge on any atom is 0.373 e. The van der Waals surface area contributed by atoms with Crippen LogP contribution >= 0.6 is 0 Å². The normalized spacial score (nSPS) is 13.3. The van der Waals surface area contributed by atoms with Crippen LogP contribution in [0.4, 0.5) is 0 Å². The Hall–Kier alpha value is -3.62. The monoisotopic (exact) mass is 333 g/mol. The zero-order valence-electron chi connectivity index (χ0n) is 12.0. The maximum atomic E-state index is 11.7. The molecule has 0 saturated heterocycles. The summed E-state index contributed by atoms with van der Waals surface area (Å²) in [6.07, 6.45) is 2.39. The Morgan fingerprint density at radius 3 is 1.71 bits per heavy atom. The standard InChI is InChI=1S/C11H8O6.C4H3NO2/c12-8(6-4-2-1-3-5-6)7(10(14)15)9(13)11(16)17;6-3-1-2-4(7)5-3/h1-5,7H,(H,14,15)(H,16,17);1-2H,(H,5,6,7). The summed E-state index contributed by atoms with van der Waals surface area (Å²) in [4.78, 5) is 64.0. The topological polar surface area (TPSA) is 155 Å². The van der Waals surface area contributed by atoms with Crippen LogP contribution in [0.3, 0.4) is 0 Å². The lowest BCUT2D eigenvalue weighted by Gasteiger charge is -2.07. The van der Waals surface area contributed by atoms with Gasteiger partial charge in [0.15, 0.2) is 11.7 Å². The summed E-state index contributed by atoms with van der Waals surface area (Å²) in [6, 6.07) is 7.20. The number of carboxylic acids is 2. The fourth-order valence-electron chi connectivity index (χ4n) is 1.59. The molecule has 24 heavy (non-hydrogen) atoms. The average Bonchev–Trinajstić information content (AvgIpc) is 2.91. The predicted octanol–water partition coefficient (Wildman–Crippen LogP) is -0.577. The molecular weight excluding hydrogens is 322 g/mol. The minimum atomic E-state index is -2.20. The summed E-state index contributed by atoms with van der Waals surface area (Å²) in [6.45, 7) is 0. The van der Waals surface area contributed by atoms with E-state index in [0.717, 1.165) is 0 Å². The molecule has 9 nitrogen and oxygen atoms in total. The van der Waals surface area contributed by atoms with Gasteiger partial charge in [0, 0.05) is 17.7 Å². The fraction of sp³-hybridized carbons (Fsp3) is 0.0667. The van der Waals surface area contributed by atoms with Crippen LogP contribution < -0.4 is 5.32 Å². The van der Waals surface area contributed by atoms with Crippen molar-refractivity contribution in [1.29, 1.82) is 0 Å². The second-order valence-electron chi connectivity index (χ2n) is 4.36. The first-order chi connectivity index (χ1) is 11.2. The highest BCUT2D eigenvalue weighted by Gasteiger charge is 2.38. The molecule has 1 unspecified atom stereocenters. The molecule has 1 atom stereocenters. The third-order valence-electron chi connectivity index (χ3n) is 2.67. The smallest absolute Gasteiger partial charge is 0.373 e. The van der Waals surface area contributed by atoms with Gasteiger partial charge < -0.3 is 10.2 Å². The highest BCUT2D eigenvalue weighted by atomic mass is 16.4. The lowest BCUT2D eigenvalue weighted by molar-refractivity contribution is -0.155. The minimum Gasteiger partial charge on any atom is -0.480 e. The summed E-state index contributed by atoms with van der Waals surface area (Å²) in [5.41, 5.74) is -0.0190. The van der Waals surface area contributed by atoms with Gasteiger partial charge in [-0.3, -0.25) is 29.3 Å². The van der Waals surface area contributed by atoms with Crippen LogP contribution in [-0.2, 0) is 24.0 Å². The van der Waals surface area contributed by atoms with Crippen LogP contribution in [0.15, 0.2) is 42.5 Å². The van der Waals surface area contributed by atoms with Gasteiger partial charge in [-0.2, -0.15) is 0 Å². The molecule has 0 radical (unpaired) electrons. The molecule has 124 valence electrons. The first-order valence-electron chi connectivity index (χ1n) is 6.36. The average molecular weight is 333 g/mol. The number of aliphatic carboxylic acids is 2. The van der Waals surface area contributed by atoms with Crippen molar-refractivity contribution in [3.8, 4) is 0 Å². The van der Waals surface area contributed by atoms with Gasteiger partial charge in [0.1, 0.15) is 0 Å². The van der Waals surface area contributed by atoms with Crippen molar-refractivity contribution in [3.05, 3.63) is 48.0 Å². The lowest BCUT2D eigenvalue weighted by Crippen LogP contribution is -2.36. The zero-order chi connectivity index (χ0) is 18.3. The number of carbonyl (C=O) groups excluding carboxylic acids is 4. The molecule has 0 spiro atoms. The first kappa shape index (κ1) is 18.4. The molecule has 2 rings (SSSR count). The number of amides is 2. The number of Topliss-reactive ketones (excluding diaryl/α,β-unsaturated/α-hetero) is 2. The lowest BCUT2D eigenvalue weighted by atomic mass is 9.94.